The molecule has 0 aliphatic carbocycles. The standard InChI is InChI=1S/C17H30.C2H6/c1-9-10-11-12-14(2)15(17(6,7)8)13-16(3,4)5;1-2/h9-12,15H,1,13H2,2-8H3;1-2H3/b11-10-,14-12+;. The number of rotatable bonds is 4. The van der Waals surface area contributed by atoms with Crippen LogP contribution in [0.2, 0.25) is 0 Å². The molecule has 0 saturated carbocycles. The summed E-state index contributed by atoms with van der Waals surface area (Å²) >= 11 is 0. The van der Waals surface area contributed by atoms with Crippen LogP contribution in [0.3, 0.4) is 0 Å². The highest BCUT2D eigenvalue weighted by Crippen LogP contribution is 2.40. The summed E-state index contributed by atoms with van der Waals surface area (Å²) in [5.74, 6) is 0.622. The van der Waals surface area contributed by atoms with Gasteiger partial charge in [0.25, 0.3) is 0 Å². The normalized spacial score (nSPS) is 14.9. The van der Waals surface area contributed by atoms with Gasteiger partial charge in [-0.05, 0) is 30.1 Å². The number of hydrogen-bond acceptors (Lipinski definition) is 0. The second-order valence-electron chi connectivity index (χ2n) is 7.21. The average Bonchev–Trinajstić information content (AvgIpc) is 2.26. The molecule has 112 valence electrons. The highest BCUT2D eigenvalue weighted by molar-refractivity contribution is 5.18. The van der Waals surface area contributed by atoms with E-state index in [1.807, 2.05) is 26.0 Å². The maximum atomic E-state index is 3.69. The molecule has 0 heterocycles. The van der Waals surface area contributed by atoms with Crippen molar-refractivity contribution in [1.29, 1.82) is 0 Å². The van der Waals surface area contributed by atoms with Gasteiger partial charge in [-0.3, -0.25) is 0 Å². The van der Waals surface area contributed by atoms with Crippen LogP contribution in [-0.4, -0.2) is 0 Å². The monoisotopic (exact) mass is 264 g/mol. The van der Waals surface area contributed by atoms with Gasteiger partial charge < -0.3 is 0 Å². The first-order chi connectivity index (χ1) is 8.58. The molecule has 0 aromatic rings. The van der Waals surface area contributed by atoms with E-state index < -0.39 is 0 Å². The molecule has 0 aliphatic heterocycles. The van der Waals surface area contributed by atoms with E-state index in [-0.39, 0.29) is 0 Å². The predicted molar refractivity (Wildman–Crippen MR) is 91.5 cm³/mol. The second kappa shape index (κ2) is 9.18. The van der Waals surface area contributed by atoms with Gasteiger partial charge in [0.1, 0.15) is 0 Å². The van der Waals surface area contributed by atoms with Crippen molar-refractivity contribution in [3.05, 3.63) is 36.5 Å². The molecular formula is C19H36. The first-order valence-electron chi connectivity index (χ1n) is 7.54. The Morgan fingerprint density at radius 1 is 1.00 bits per heavy atom. The summed E-state index contributed by atoms with van der Waals surface area (Å²) in [7, 11) is 0. The van der Waals surface area contributed by atoms with Crippen LogP contribution in [0.25, 0.3) is 0 Å². The Morgan fingerprint density at radius 2 is 1.47 bits per heavy atom. The Bertz CT molecular complexity index is 289. The van der Waals surface area contributed by atoms with E-state index in [0.717, 1.165) is 0 Å². The minimum atomic E-state index is 0.315. The zero-order chi connectivity index (χ0) is 15.7. The number of allylic oxidation sites excluding steroid dienone is 5. The lowest BCUT2D eigenvalue weighted by molar-refractivity contribution is 0.196. The zero-order valence-corrected chi connectivity index (χ0v) is 14.8. The zero-order valence-electron chi connectivity index (χ0n) is 14.8. The lowest BCUT2D eigenvalue weighted by Crippen LogP contribution is -2.26. The van der Waals surface area contributed by atoms with Gasteiger partial charge in [0, 0.05) is 0 Å². The topological polar surface area (TPSA) is 0 Å². The van der Waals surface area contributed by atoms with E-state index in [1.54, 1.807) is 0 Å². The summed E-state index contributed by atoms with van der Waals surface area (Å²) in [6.45, 7) is 23.9. The molecule has 0 fully saturated rings. The van der Waals surface area contributed by atoms with E-state index in [0.29, 0.717) is 16.7 Å². The van der Waals surface area contributed by atoms with E-state index in [4.69, 9.17) is 0 Å². The molecule has 19 heavy (non-hydrogen) atoms. The van der Waals surface area contributed by atoms with Crippen LogP contribution in [-0.2, 0) is 0 Å². The average molecular weight is 264 g/mol. The summed E-state index contributed by atoms with van der Waals surface area (Å²) in [4.78, 5) is 0. The fourth-order valence-electron chi connectivity index (χ4n) is 2.16. The van der Waals surface area contributed by atoms with Gasteiger partial charge in [0.05, 0.1) is 0 Å². The molecule has 0 heteroatoms. The Morgan fingerprint density at radius 3 is 1.79 bits per heavy atom. The molecule has 0 aliphatic rings. The van der Waals surface area contributed by atoms with Gasteiger partial charge in [0.15, 0.2) is 0 Å². The molecule has 0 aromatic carbocycles. The van der Waals surface area contributed by atoms with Crippen molar-refractivity contribution in [2.24, 2.45) is 16.7 Å². The SMILES string of the molecule is C=C/C=C\C=C(/C)C(CC(C)(C)C)C(C)(C)C.CC. The van der Waals surface area contributed by atoms with Gasteiger partial charge in [-0.1, -0.05) is 91.8 Å². The van der Waals surface area contributed by atoms with Gasteiger partial charge in [-0.15, -0.1) is 0 Å². The van der Waals surface area contributed by atoms with Crippen molar-refractivity contribution in [3.8, 4) is 0 Å². The van der Waals surface area contributed by atoms with Gasteiger partial charge >= 0.3 is 0 Å². The lowest BCUT2D eigenvalue weighted by atomic mass is 9.69. The molecule has 0 radical (unpaired) electrons. The van der Waals surface area contributed by atoms with Crippen LogP contribution < -0.4 is 0 Å². The Balaban J connectivity index is 0. The van der Waals surface area contributed by atoms with Crippen molar-refractivity contribution in [2.45, 2.75) is 68.7 Å². The quantitative estimate of drug-likeness (QED) is 0.490. The van der Waals surface area contributed by atoms with Crippen molar-refractivity contribution in [1.82, 2.24) is 0 Å². The smallest absolute Gasteiger partial charge is 0.0149 e. The molecule has 0 N–H and O–H groups in total. The molecule has 0 saturated heterocycles. The number of hydrogen-bond donors (Lipinski definition) is 0. The van der Waals surface area contributed by atoms with E-state index in [9.17, 15) is 0 Å². The highest BCUT2D eigenvalue weighted by atomic mass is 14.3. The molecule has 0 amide bonds. The molecule has 1 atom stereocenters. The Kier molecular flexibility index (Phi) is 9.92. The van der Waals surface area contributed by atoms with Crippen molar-refractivity contribution < 1.29 is 0 Å². The summed E-state index contributed by atoms with van der Waals surface area (Å²) in [6.07, 6.45) is 9.34. The molecule has 0 nitrogen and oxygen atoms in total. The second-order valence-corrected chi connectivity index (χ2v) is 7.21. The maximum absolute atomic E-state index is 3.69. The van der Waals surface area contributed by atoms with Crippen LogP contribution >= 0.6 is 0 Å². The molecule has 1 unspecified atom stereocenters. The van der Waals surface area contributed by atoms with E-state index >= 15 is 0 Å². The van der Waals surface area contributed by atoms with E-state index in [2.05, 4.69) is 67.2 Å². The lowest BCUT2D eigenvalue weighted by Gasteiger charge is -2.36. The molecular weight excluding hydrogens is 228 g/mol. The van der Waals surface area contributed by atoms with Crippen LogP contribution in [0.5, 0.6) is 0 Å². The first kappa shape index (κ1) is 20.5. The summed E-state index contributed by atoms with van der Waals surface area (Å²) in [5, 5.41) is 0. The summed E-state index contributed by atoms with van der Waals surface area (Å²) in [5.41, 5.74) is 2.15. The van der Waals surface area contributed by atoms with Crippen LogP contribution in [0.15, 0.2) is 36.5 Å². The largest absolute Gasteiger partial charge is 0.0991 e. The third kappa shape index (κ3) is 10.8. The van der Waals surface area contributed by atoms with Crippen LogP contribution in [0.1, 0.15) is 68.7 Å². The predicted octanol–water partition coefficient (Wildman–Crippen LogP) is 6.80. The van der Waals surface area contributed by atoms with Gasteiger partial charge in [0.2, 0.25) is 0 Å². The highest BCUT2D eigenvalue weighted by Gasteiger charge is 2.29. The fourth-order valence-corrected chi connectivity index (χ4v) is 2.16. The molecule has 0 bridgehead atoms. The van der Waals surface area contributed by atoms with Crippen LogP contribution in [0.4, 0.5) is 0 Å². The summed E-state index contributed by atoms with van der Waals surface area (Å²) < 4.78 is 0. The molecule has 0 aromatic heterocycles. The first-order valence-corrected chi connectivity index (χ1v) is 7.54. The van der Waals surface area contributed by atoms with E-state index in [1.165, 1.54) is 12.0 Å². The van der Waals surface area contributed by atoms with Crippen molar-refractivity contribution in [3.63, 3.8) is 0 Å². The van der Waals surface area contributed by atoms with Crippen molar-refractivity contribution in [2.75, 3.05) is 0 Å². The third-order valence-electron chi connectivity index (χ3n) is 3.02. The minimum absolute atomic E-state index is 0.315. The molecule has 0 rings (SSSR count). The fraction of sp³-hybridized carbons (Fsp3) is 0.684. The van der Waals surface area contributed by atoms with Crippen molar-refractivity contribution >= 4 is 0 Å². The third-order valence-corrected chi connectivity index (χ3v) is 3.02. The Labute approximate surface area is 122 Å². The molecule has 0 spiro atoms. The summed E-state index contributed by atoms with van der Waals surface area (Å²) in [6, 6.07) is 0. The van der Waals surface area contributed by atoms with Gasteiger partial charge in [-0.2, -0.15) is 0 Å². The van der Waals surface area contributed by atoms with Gasteiger partial charge in [-0.25, -0.2) is 0 Å². The Hall–Kier alpha value is -0.780. The minimum Gasteiger partial charge on any atom is -0.0991 e. The maximum Gasteiger partial charge on any atom is -0.0149 e. The van der Waals surface area contributed by atoms with Crippen LogP contribution in [0, 0.1) is 16.7 Å².